The van der Waals surface area contributed by atoms with Crippen molar-refractivity contribution in [3.05, 3.63) is 30.4 Å². The average molecular weight is 382 g/mol. The number of hydrogen-bond acceptors (Lipinski definition) is 7. The number of imidazole rings is 1. The fraction of sp³-hybridized carbons (Fsp3) is 0.389. The molecule has 9 heteroatoms. The zero-order chi connectivity index (χ0) is 18.5. The lowest BCUT2D eigenvalue weighted by atomic mass is 10.3. The minimum atomic E-state index is 0.488. The quantitative estimate of drug-likeness (QED) is 0.581. The average Bonchev–Trinajstić information content (AvgIpc) is 3.37. The standard InChI is InChI=1S/C18H22N8S/c1-23-6-8-25(9-7-23)11-13-22-15-16(24(13)2)17-12(21-18(15)19)10-14(27-17)26-5-3-4-20-26/h3-5,10H,6-9,11H2,1-2H3,(H2,19,21). The third-order valence-electron chi connectivity index (χ3n) is 5.28. The van der Waals surface area contributed by atoms with Crippen molar-refractivity contribution in [1.29, 1.82) is 0 Å². The normalized spacial score (nSPS) is 16.7. The lowest BCUT2D eigenvalue weighted by Crippen LogP contribution is -2.44. The molecule has 0 spiro atoms. The van der Waals surface area contributed by atoms with Gasteiger partial charge in [-0.15, -0.1) is 11.3 Å². The first-order valence-electron chi connectivity index (χ1n) is 9.05. The van der Waals surface area contributed by atoms with E-state index in [1.807, 2.05) is 23.0 Å². The van der Waals surface area contributed by atoms with Crippen molar-refractivity contribution < 1.29 is 0 Å². The molecule has 1 aliphatic heterocycles. The van der Waals surface area contributed by atoms with Gasteiger partial charge in [0.15, 0.2) is 5.82 Å². The van der Waals surface area contributed by atoms with Crippen LogP contribution in [0.4, 0.5) is 5.82 Å². The molecule has 4 aromatic heterocycles. The number of nitrogen functional groups attached to an aromatic ring is 1. The number of rotatable bonds is 3. The van der Waals surface area contributed by atoms with E-state index in [9.17, 15) is 0 Å². The number of fused-ring (bicyclic) bond motifs is 3. The molecule has 0 atom stereocenters. The summed E-state index contributed by atoms with van der Waals surface area (Å²) in [5.41, 5.74) is 9.01. The number of aryl methyl sites for hydroxylation is 1. The second kappa shape index (κ2) is 6.29. The first kappa shape index (κ1) is 16.7. The van der Waals surface area contributed by atoms with Gasteiger partial charge in [-0.1, -0.05) is 0 Å². The molecule has 5 heterocycles. The minimum Gasteiger partial charge on any atom is -0.382 e. The fourth-order valence-corrected chi connectivity index (χ4v) is 4.77. The summed E-state index contributed by atoms with van der Waals surface area (Å²) >= 11 is 1.67. The Labute approximate surface area is 160 Å². The van der Waals surface area contributed by atoms with E-state index in [1.165, 1.54) is 0 Å². The maximum atomic E-state index is 6.26. The Balaban J connectivity index is 1.59. The van der Waals surface area contributed by atoms with E-state index in [0.29, 0.717) is 5.82 Å². The number of hydrogen-bond donors (Lipinski definition) is 1. The molecule has 0 bridgehead atoms. The van der Waals surface area contributed by atoms with Crippen LogP contribution in [-0.4, -0.2) is 67.3 Å². The number of aromatic nitrogens is 5. The molecule has 4 aromatic rings. The highest BCUT2D eigenvalue weighted by atomic mass is 32.1. The van der Waals surface area contributed by atoms with Gasteiger partial charge in [-0.05, 0) is 13.1 Å². The topological polar surface area (TPSA) is 81.0 Å². The van der Waals surface area contributed by atoms with E-state index in [2.05, 4.69) is 38.5 Å². The summed E-state index contributed by atoms with van der Waals surface area (Å²) in [6, 6.07) is 3.95. The van der Waals surface area contributed by atoms with Crippen LogP contribution in [-0.2, 0) is 13.6 Å². The van der Waals surface area contributed by atoms with Gasteiger partial charge in [-0.3, -0.25) is 4.90 Å². The molecule has 0 aromatic carbocycles. The van der Waals surface area contributed by atoms with Gasteiger partial charge < -0.3 is 15.2 Å². The lowest BCUT2D eigenvalue weighted by Gasteiger charge is -2.31. The molecule has 0 amide bonds. The van der Waals surface area contributed by atoms with Crippen LogP contribution < -0.4 is 5.73 Å². The molecule has 8 nitrogen and oxygen atoms in total. The van der Waals surface area contributed by atoms with Crippen LogP contribution in [0, 0.1) is 0 Å². The Morgan fingerprint density at radius 3 is 2.70 bits per heavy atom. The van der Waals surface area contributed by atoms with Crippen LogP contribution in [0.25, 0.3) is 26.3 Å². The van der Waals surface area contributed by atoms with Crippen molar-refractivity contribution >= 4 is 38.4 Å². The summed E-state index contributed by atoms with van der Waals surface area (Å²) in [6.45, 7) is 5.14. The van der Waals surface area contributed by atoms with Gasteiger partial charge in [-0.25, -0.2) is 14.6 Å². The molecular weight excluding hydrogens is 360 g/mol. The lowest BCUT2D eigenvalue weighted by molar-refractivity contribution is 0.144. The van der Waals surface area contributed by atoms with Crippen molar-refractivity contribution in [3.63, 3.8) is 0 Å². The summed E-state index contributed by atoms with van der Waals surface area (Å²) in [5.74, 6) is 1.52. The molecule has 1 fully saturated rings. The summed E-state index contributed by atoms with van der Waals surface area (Å²) < 4.78 is 5.14. The van der Waals surface area contributed by atoms with E-state index in [4.69, 9.17) is 10.7 Å². The van der Waals surface area contributed by atoms with Gasteiger partial charge in [0.1, 0.15) is 16.3 Å². The Morgan fingerprint density at radius 1 is 1.15 bits per heavy atom. The van der Waals surface area contributed by atoms with Crippen LogP contribution in [0.2, 0.25) is 0 Å². The van der Waals surface area contributed by atoms with Crippen molar-refractivity contribution in [2.75, 3.05) is 39.0 Å². The number of thiophene rings is 1. The molecule has 0 radical (unpaired) electrons. The highest BCUT2D eigenvalue weighted by Gasteiger charge is 2.21. The van der Waals surface area contributed by atoms with Crippen molar-refractivity contribution in [2.45, 2.75) is 6.54 Å². The smallest absolute Gasteiger partial charge is 0.152 e. The van der Waals surface area contributed by atoms with Gasteiger partial charge in [-0.2, -0.15) is 5.10 Å². The summed E-state index contributed by atoms with van der Waals surface area (Å²) in [4.78, 5) is 14.3. The molecule has 0 aliphatic carbocycles. The Bertz CT molecular complexity index is 1100. The molecule has 2 N–H and O–H groups in total. The van der Waals surface area contributed by atoms with Crippen LogP contribution in [0.15, 0.2) is 24.5 Å². The van der Waals surface area contributed by atoms with E-state index in [1.54, 1.807) is 17.5 Å². The number of nitrogens with zero attached hydrogens (tertiary/aromatic N) is 7. The van der Waals surface area contributed by atoms with Gasteiger partial charge >= 0.3 is 0 Å². The third-order valence-corrected chi connectivity index (χ3v) is 6.40. The number of piperazine rings is 1. The zero-order valence-electron chi connectivity index (χ0n) is 15.5. The summed E-state index contributed by atoms with van der Waals surface area (Å²) in [5, 5.41) is 5.35. The number of likely N-dealkylation sites (N-methyl/N-ethyl adjacent to an activating group) is 1. The van der Waals surface area contributed by atoms with Crippen molar-refractivity contribution in [3.8, 4) is 5.00 Å². The molecule has 27 heavy (non-hydrogen) atoms. The SMILES string of the molecule is CN1CCN(Cc2nc3c(N)nc4cc(-n5cccn5)sc4c3n2C)CC1. The molecule has 140 valence electrons. The van der Waals surface area contributed by atoms with Crippen molar-refractivity contribution in [2.24, 2.45) is 7.05 Å². The van der Waals surface area contributed by atoms with E-state index in [-0.39, 0.29) is 0 Å². The van der Waals surface area contributed by atoms with Gasteiger partial charge in [0, 0.05) is 51.7 Å². The minimum absolute atomic E-state index is 0.488. The predicted molar refractivity (Wildman–Crippen MR) is 108 cm³/mol. The van der Waals surface area contributed by atoms with E-state index < -0.39 is 0 Å². The molecule has 0 unspecified atom stereocenters. The molecule has 5 rings (SSSR count). The predicted octanol–water partition coefficient (Wildman–Crippen LogP) is 1.70. The number of nitrogens with two attached hydrogens (primary N) is 1. The molecule has 1 saturated heterocycles. The van der Waals surface area contributed by atoms with Crippen LogP contribution in [0.5, 0.6) is 0 Å². The van der Waals surface area contributed by atoms with Gasteiger partial charge in [0.2, 0.25) is 0 Å². The van der Waals surface area contributed by atoms with Gasteiger partial charge in [0.05, 0.1) is 22.3 Å². The van der Waals surface area contributed by atoms with Crippen LogP contribution >= 0.6 is 11.3 Å². The second-order valence-electron chi connectivity index (χ2n) is 7.11. The fourth-order valence-electron chi connectivity index (χ4n) is 3.65. The van der Waals surface area contributed by atoms with Gasteiger partial charge in [0.25, 0.3) is 0 Å². The van der Waals surface area contributed by atoms with E-state index in [0.717, 1.165) is 64.8 Å². The number of anilines is 1. The maximum absolute atomic E-state index is 6.26. The first-order chi connectivity index (χ1) is 13.1. The Morgan fingerprint density at radius 2 is 1.96 bits per heavy atom. The summed E-state index contributed by atoms with van der Waals surface area (Å²) in [6.07, 6.45) is 3.72. The largest absolute Gasteiger partial charge is 0.382 e. The summed E-state index contributed by atoms with van der Waals surface area (Å²) in [7, 11) is 4.25. The maximum Gasteiger partial charge on any atom is 0.152 e. The monoisotopic (exact) mass is 382 g/mol. The highest BCUT2D eigenvalue weighted by Crippen LogP contribution is 2.35. The Kier molecular flexibility index (Phi) is 3.88. The Hall–Kier alpha value is -2.49. The third kappa shape index (κ3) is 2.78. The van der Waals surface area contributed by atoms with Crippen LogP contribution in [0.1, 0.15) is 5.82 Å². The highest BCUT2D eigenvalue weighted by molar-refractivity contribution is 7.22. The number of pyridine rings is 1. The molecule has 0 saturated carbocycles. The second-order valence-corrected chi connectivity index (χ2v) is 8.14. The van der Waals surface area contributed by atoms with Crippen molar-refractivity contribution in [1.82, 2.24) is 34.1 Å². The zero-order valence-corrected chi connectivity index (χ0v) is 16.3. The van der Waals surface area contributed by atoms with E-state index >= 15 is 0 Å². The van der Waals surface area contributed by atoms with Crippen LogP contribution in [0.3, 0.4) is 0 Å². The molecule has 1 aliphatic rings. The first-order valence-corrected chi connectivity index (χ1v) is 9.87. The molecular formula is C18H22N8S.